The number of hydrogen-bond acceptors (Lipinski definition) is 4. The van der Waals surface area contributed by atoms with E-state index < -0.39 is 4.92 Å². The number of rotatable bonds is 6. The van der Waals surface area contributed by atoms with Crippen molar-refractivity contribution in [3.05, 3.63) is 38.9 Å². The molecule has 1 aromatic carbocycles. The first-order chi connectivity index (χ1) is 8.54. The van der Waals surface area contributed by atoms with E-state index in [9.17, 15) is 14.9 Å². The first kappa shape index (κ1) is 17.6. The lowest BCUT2D eigenvalue weighted by Crippen LogP contribution is -2.27. The molecule has 0 aliphatic heterocycles. The molecule has 0 aliphatic carbocycles. The molecule has 0 fully saturated rings. The second-order valence-corrected chi connectivity index (χ2v) is 4.11. The molecule has 8 heteroatoms. The standard InChI is InChI=1S/C11H14ClN3O3.ClH/c12-10-7-9(15(17)18)3-2-8(10)6-11(16)14-5-1-4-13;/h2-3,7H,1,4-6,13H2,(H,14,16);1H. The lowest BCUT2D eigenvalue weighted by atomic mass is 10.1. The second-order valence-electron chi connectivity index (χ2n) is 3.70. The maximum absolute atomic E-state index is 11.5. The summed E-state index contributed by atoms with van der Waals surface area (Å²) in [6.07, 6.45) is 0.807. The van der Waals surface area contributed by atoms with Crippen molar-refractivity contribution < 1.29 is 9.72 Å². The molecule has 0 saturated heterocycles. The molecule has 0 unspecified atom stereocenters. The van der Waals surface area contributed by atoms with Gasteiger partial charge in [0.2, 0.25) is 5.91 Å². The van der Waals surface area contributed by atoms with Crippen molar-refractivity contribution in [1.82, 2.24) is 5.32 Å². The van der Waals surface area contributed by atoms with Gasteiger partial charge in [-0.1, -0.05) is 17.7 Å². The summed E-state index contributed by atoms with van der Waals surface area (Å²) >= 11 is 5.87. The predicted octanol–water partition coefficient (Wildman–Crippen LogP) is 1.68. The van der Waals surface area contributed by atoms with Crippen LogP contribution < -0.4 is 11.1 Å². The Kier molecular flexibility index (Phi) is 8.06. The van der Waals surface area contributed by atoms with Crippen molar-refractivity contribution in [2.75, 3.05) is 13.1 Å². The Bertz CT molecular complexity index is 455. The molecule has 3 N–H and O–H groups in total. The van der Waals surface area contributed by atoms with Crippen molar-refractivity contribution in [2.24, 2.45) is 5.73 Å². The molecule has 0 heterocycles. The fourth-order valence-corrected chi connectivity index (χ4v) is 1.60. The van der Waals surface area contributed by atoms with Gasteiger partial charge < -0.3 is 11.1 Å². The third-order valence-corrected chi connectivity index (χ3v) is 2.65. The second kappa shape index (κ2) is 8.68. The number of benzene rings is 1. The van der Waals surface area contributed by atoms with Gasteiger partial charge in [-0.05, 0) is 18.5 Å². The van der Waals surface area contributed by atoms with Crippen LogP contribution in [0.15, 0.2) is 18.2 Å². The fraction of sp³-hybridized carbons (Fsp3) is 0.364. The van der Waals surface area contributed by atoms with Crippen molar-refractivity contribution in [1.29, 1.82) is 0 Å². The van der Waals surface area contributed by atoms with E-state index in [2.05, 4.69) is 5.32 Å². The number of nitro benzene ring substituents is 1. The van der Waals surface area contributed by atoms with Crippen LogP contribution in [0.5, 0.6) is 0 Å². The van der Waals surface area contributed by atoms with E-state index in [1.807, 2.05) is 0 Å². The summed E-state index contributed by atoms with van der Waals surface area (Å²) in [6, 6.07) is 4.06. The number of non-ortho nitro benzene ring substituents is 1. The average molecular weight is 308 g/mol. The van der Waals surface area contributed by atoms with E-state index in [0.717, 1.165) is 0 Å². The van der Waals surface area contributed by atoms with E-state index in [0.29, 0.717) is 25.1 Å². The minimum atomic E-state index is -0.531. The Morgan fingerprint density at radius 2 is 2.16 bits per heavy atom. The average Bonchev–Trinajstić information content (AvgIpc) is 2.32. The highest BCUT2D eigenvalue weighted by Crippen LogP contribution is 2.22. The summed E-state index contributed by atoms with van der Waals surface area (Å²) in [5.74, 6) is -0.181. The zero-order valence-corrected chi connectivity index (χ0v) is 11.7. The fourth-order valence-electron chi connectivity index (χ4n) is 1.36. The van der Waals surface area contributed by atoms with Gasteiger partial charge in [0.15, 0.2) is 0 Å². The Balaban J connectivity index is 0.00000324. The Morgan fingerprint density at radius 1 is 1.47 bits per heavy atom. The molecule has 0 spiro atoms. The lowest BCUT2D eigenvalue weighted by Gasteiger charge is -2.05. The third kappa shape index (κ3) is 5.87. The summed E-state index contributed by atoms with van der Waals surface area (Å²) in [5.41, 5.74) is 5.77. The van der Waals surface area contributed by atoms with Crippen LogP contribution in [0.1, 0.15) is 12.0 Å². The van der Waals surface area contributed by atoms with Crippen molar-refractivity contribution in [2.45, 2.75) is 12.8 Å². The number of nitro groups is 1. The van der Waals surface area contributed by atoms with Crippen molar-refractivity contribution >= 4 is 35.6 Å². The van der Waals surface area contributed by atoms with Gasteiger partial charge in [-0.25, -0.2) is 0 Å². The molecule has 1 amide bonds. The Morgan fingerprint density at radius 3 is 2.68 bits per heavy atom. The minimum Gasteiger partial charge on any atom is -0.356 e. The number of carbonyl (C=O) groups is 1. The van der Waals surface area contributed by atoms with Crippen molar-refractivity contribution in [3.8, 4) is 0 Å². The molecule has 0 aliphatic rings. The monoisotopic (exact) mass is 307 g/mol. The first-order valence-electron chi connectivity index (χ1n) is 5.44. The van der Waals surface area contributed by atoms with Crippen LogP contribution in [0, 0.1) is 10.1 Å². The van der Waals surface area contributed by atoms with Gasteiger partial charge in [0.25, 0.3) is 5.69 Å². The highest BCUT2D eigenvalue weighted by atomic mass is 35.5. The lowest BCUT2D eigenvalue weighted by molar-refractivity contribution is -0.384. The maximum Gasteiger partial charge on any atom is 0.270 e. The maximum atomic E-state index is 11.5. The van der Waals surface area contributed by atoms with Gasteiger partial charge in [-0.2, -0.15) is 0 Å². The number of nitrogens with zero attached hydrogens (tertiary/aromatic N) is 1. The van der Waals surface area contributed by atoms with Crippen molar-refractivity contribution in [3.63, 3.8) is 0 Å². The Labute approximate surface area is 121 Å². The number of amides is 1. The highest BCUT2D eigenvalue weighted by molar-refractivity contribution is 6.31. The van der Waals surface area contributed by atoms with E-state index in [-0.39, 0.29) is 35.4 Å². The van der Waals surface area contributed by atoms with Gasteiger partial charge in [-0.3, -0.25) is 14.9 Å². The SMILES string of the molecule is Cl.NCCCNC(=O)Cc1ccc([N+](=O)[O-])cc1Cl. The van der Waals surface area contributed by atoms with E-state index in [1.165, 1.54) is 18.2 Å². The molecule has 0 atom stereocenters. The summed E-state index contributed by atoms with van der Waals surface area (Å²) in [4.78, 5) is 21.5. The van der Waals surface area contributed by atoms with Crippen LogP contribution in [0.4, 0.5) is 5.69 Å². The summed E-state index contributed by atoms with van der Waals surface area (Å²) < 4.78 is 0. The molecule has 6 nitrogen and oxygen atoms in total. The molecule has 0 aromatic heterocycles. The van der Waals surface area contributed by atoms with Crippen LogP contribution in [0.3, 0.4) is 0 Å². The molecular formula is C11H15Cl2N3O3. The molecule has 0 saturated carbocycles. The van der Waals surface area contributed by atoms with Crippen LogP contribution >= 0.6 is 24.0 Å². The van der Waals surface area contributed by atoms with Crippen LogP contribution in [-0.2, 0) is 11.2 Å². The predicted molar refractivity (Wildman–Crippen MR) is 75.7 cm³/mol. The zero-order chi connectivity index (χ0) is 13.5. The largest absolute Gasteiger partial charge is 0.356 e. The molecule has 0 radical (unpaired) electrons. The van der Waals surface area contributed by atoms with E-state index in [1.54, 1.807) is 0 Å². The molecule has 0 bridgehead atoms. The first-order valence-corrected chi connectivity index (χ1v) is 5.82. The zero-order valence-electron chi connectivity index (χ0n) is 10.1. The van der Waals surface area contributed by atoms with Gasteiger partial charge in [0, 0.05) is 18.7 Å². The Hall–Kier alpha value is -1.37. The summed E-state index contributed by atoms with van der Waals surface area (Å²) in [7, 11) is 0. The number of halogens is 2. The normalized spacial score (nSPS) is 9.58. The minimum absolute atomic E-state index is 0. The van der Waals surface area contributed by atoms with E-state index in [4.69, 9.17) is 17.3 Å². The summed E-state index contributed by atoms with van der Waals surface area (Å²) in [6.45, 7) is 1.03. The number of hydrogen-bond donors (Lipinski definition) is 2. The van der Waals surface area contributed by atoms with E-state index >= 15 is 0 Å². The molecular weight excluding hydrogens is 293 g/mol. The smallest absolute Gasteiger partial charge is 0.270 e. The summed E-state index contributed by atoms with van der Waals surface area (Å²) in [5, 5.41) is 13.4. The third-order valence-electron chi connectivity index (χ3n) is 2.30. The number of nitrogens with two attached hydrogens (primary N) is 1. The molecule has 106 valence electrons. The van der Waals surface area contributed by atoms with Crippen LogP contribution in [0.2, 0.25) is 5.02 Å². The van der Waals surface area contributed by atoms with Gasteiger partial charge in [-0.15, -0.1) is 12.4 Å². The van der Waals surface area contributed by atoms with Gasteiger partial charge in [0.05, 0.1) is 16.4 Å². The van der Waals surface area contributed by atoms with Gasteiger partial charge >= 0.3 is 0 Å². The molecule has 19 heavy (non-hydrogen) atoms. The van der Waals surface area contributed by atoms with Gasteiger partial charge in [0.1, 0.15) is 0 Å². The quantitative estimate of drug-likeness (QED) is 0.474. The van der Waals surface area contributed by atoms with Crippen LogP contribution in [-0.4, -0.2) is 23.9 Å². The number of nitrogens with one attached hydrogen (secondary N) is 1. The van der Waals surface area contributed by atoms with Crippen LogP contribution in [0.25, 0.3) is 0 Å². The molecule has 1 rings (SSSR count). The molecule has 1 aromatic rings. The highest BCUT2D eigenvalue weighted by Gasteiger charge is 2.11. The topological polar surface area (TPSA) is 98.3 Å². The number of carbonyl (C=O) groups excluding carboxylic acids is 1.